The Hall–Kier alpha value is -1.85. The lowest BCUT2D eigenvalue weighted by atomic mass is 10.0. The summed E-state index contributed by atoms with van der Waals surface area (Å²) in [6, 6.07) is 9.26. The lowest BCUT2D eigenvalue weighted by Crippen LogP contribution is -2.30. The van der Waals surface area contributed by atoms with Crippen LogP contribution in [0.2, 0.25) is 0 Å². The van der Waals surface area contributed by atoms with Crippen LogP contribution in [0.15, 0.2) is 36.4 Å². The van der Waals surface area contributed by atoms with Crippen molar-refractivity contribution >= 4 is 0 Å². The average molecular weight is 263 g/mol. The van der Waals surface area contributed by atoms with Gasteiger partial charge in [-0.3, -0.25) is 16.3 Å². The molecule has 0 aliphatic rings. The molecule has 1 atom stereocenters. The van der Waals surface area contributed by atoms with Gasteiger partial charge in [0, 0.05) is 5.69 Å². The maximum absolute atomic E-state index is 13.6. The molecule has 1 aromatic carbocycles. The number of halogens is 2. The highest BCUT2D eigenvalue weighted by atomic mass is 19.2. The monoisotopic (exact) mass is 263 g/mol. The van der Waals surface area contributed by atoms with Gasteiger partial charge >= 0.3 is 0 Å². The average Bonchev–Trinajstić information content (AvgIpc) is 2.40. The van der Waals surface area contributed by atoms with E-state index in [1.54, 1.807) is 12.1 Å². The number of aromatic nitrogens is 1. The number of nitrogens with zero attached hydrogens (tertiary/aromatic N) is 1. The Bertz CT molecular complexity index is 572. The van der Waals surface area contributed by atoms with Crippen molar-refractivity contribution in [2.24, 2.45) is 5.84 Å². The Labute approximate surface area is 110 Å². The summed E-state index contributed by atoms with van der Waals surface area (Å²) in [6.07, 6.45) is 0.233. The summed E-state index contributed by atoms with van der Waals surface area (Å²) in [5.74, 6) is 3.79. The van der Waals surface area contributed by atoms with Gasteiger partial charge in [-0.05, 0) is 37.1 Å². The van der Waals surface area contributed by atoms with Crippen molar-refractivity contribution in [1.29, 1.82) is 0 Å². The summed E-state index contributed by atoms with van der Waals surface area (Å²) in [6.45, 7) is 1.86. The summed E-state index contributed by atoms with van der Waals surface area (Å²) in [4.78, 5) is 4.33. The highest BCUT2D eigenvalue weighted by Gasteiger charge is 2.16. The van der Waals surface area contributed by atoms with E-state index >= 15 is 0 Å². The van der Waals surface area contributed by atoms with Crippen LogP contribution < -0.4 is 11.3 Å². The Morgan fingerprint density at radius 3 is 2.63 bits per heavy atom. The molecule has 0 aliphatic heterocycles. The topological polar surface area (TPSA) is 50.9 Å². The van der Waals surface area contributed by atoms with Crippen LogP contribution in [0.1, 0.15) is 23.0 Å². The number of benzene rings is 1. The smallest absolute Gasteiger partial charge is 0.162 e. The highest BCUT2D eigenvalue weighted by Crippen LogP contribution is 2.19. The van der Waals surface area contributed by atoms with Gasteiger partial charge in [0.05, 0.1) is 11.7 Å². The Morgan fingerprint density at radius 2 is 1.95 bits per heavy atom. The van der Waals surface area contributed by atoms with Crippen molar-refractivity contribution in [1.82, 2.24) is 10.4 Å². The minimum atomic E-state index is -0.856. The molecule has 0 spiro atoms. The first-order chi connectivity index (χ1) is 9.11. The molecule has 1 heterocycles. The molecule has 0 fully saturated rings. The third-order valence-corrected chi connectivity index (χ3v) is 2.92. The van der Waals surface area contributed by atoms with Gasteiger partial charge in [-0.2, -0.15) is 0 Å². The number of aryl methyl sites for hydroxylation is 1. The molecule has 3 nitrogen and oxygen atoms in total. The molecule has 19 heavy (non-hydrogen) atoms. The van der Waals surface area contributed by atoms with Gasteiger partial charge in [0.1, 0.15) is 0 Å². The molecule has 0 amide bonds. The SMILES string of the molecule is Cc1cccc(C(Cc2cccc(F)c2F)NN)n1. The fourth-order valence-corrected chi connectivity index (χ4v) is 1.93. The molecule has 2 rings (SSSR count). The number of hydrazine groups is 1. The standard InChI is InChI=1S/C14H15F2N3/c1-9-4-2-7-12(18-9)13(19-17)8-10-5-3-6-11(15)14(10)16/h2-7,13,19H,8,17H2,1H3. The number of hydrogen-bond donors (Lipinski definition) is 2. The lowest BCUT2D eigenvalue weighted by molar-refractivity contribution is 0.478. The van der Waals surface area contributed by atoms with Crippen molar-refractivity contribution in [2.45, 2.75) is 19.4 Å². The van der Waals surface area contributed by atoms with Crippen molar-refractivity contribution in [3.63, 3.8) is 0 Å². The Balaban J connectivity index is 2.26. The quantitative estimate of drug-likeness (QED) is 0.658. The molecule has 0 saturated carbocycles. The molecule has 0 aliphatic carbocycles. The van der Waals surface area contributed by atoms with E-state index in [0.29, 0.717) is 5.69 Å². The van der Waals surface area contributed by atoms with Gasteiger partial charge in [0.25, 0.3) is 0 Å². The van der Waals surface area contributed by atoms with E-state index in [-0.39, 0.29) is 18.0 Å². The number of nitrogens with two attached hydrogens (primary N) is 1. The van der Waals surface area contributed by atoms with Crippen molar-refractivity contribution in [3.05, 3.63) is 65.0 Å². The first-order valence-corrected chi connectivity index (χ1v) is 5.94. The first-order valence-electron chi connectivity index (χ1n) is 5.94. The zero-order chi connectivity index (χ0) is 13.8. The normalized spacial score (nSPS) is 12.4. The molecule has 1 unspecified atom stereocenters. The van der Waals surface area contributed by atoms with Gasteiger partial charge in [-0.25, -0.2) is 8.78 Å². The third-order valence-electron chi connectivity index (χ3n) is 2.92. The summed E-state index contributed by atoms with van der Waals surface area (Å²) >= 11 is 0. The minimum absolute atomic E-state index is 0.233. The fraction of sp³-hybridized carbons (Fsp3) is 0.214. The largest absolute Gasteiger partial charge is 0.271 e. The van der Waals surface area contributed by atoms with E-state index in [1.165, 1.54) is 6.07 Å². The predicted octanol–water partition coefficient (Wildman–Crippen LogP) is 2.42. The van der Waals surface area contributed by atoms with Gasteiger partial charge in [0.15, 0.2) is 11.6 Å². The molecule has 1 aromatic heterocycles. The maximum atomic E-state index is 13.6. The minimum Gasteiger partial charge on any atom is -0.271 e. The van der Waals surface area contributed by atoms with Crippen LogP contribution in [-0.4, -0.2) is 4.98 Å². The van der Waals surface area contributed by atoms with Gasteiger partial charge in [-0.1, -0.05) is 18.2 Å². The molecule has 100 valence electrons. The van der Waals surface area contributed by atoms with Gasteiger partial charge < -0.3 is 0 Å². The summed E-state index contributed by atoms with van der Waals surface area (Å²) in [5, 5.41) is 0. The Morgan fingerprint density at radius 1 is 1.21 bits per heavy atom. The second-order valence-electron chi connectivity index (χ2n) is 4.34. The summed E-state index contributed by atoms with van der Waals surface area (Å²) < 4.78 is 26.8. The van der Waals surface area contributed by atoms with E-state index in [1.807, 2.05) is 19.1 Å². The van der Waals surface area contributed by atoms with Crippen molar-refractivity contribution in [3.8, 4) is 0 Å². The molecule has 2 aromatic rings. The van der Waals surface area contributed by atoms with Crippen LogP contribution in [0, 0.1) is 18.6 Å². The van der Waals surface area contributed by atoms with Crippen molar-refractivity contribution in [2.75, 3.05) is 0 Å². The molecule has 0 bridgehead atoms. The van der Waals surface area contributed by atoms with E-state index < -0.39 is 11.6 Å². The molecule has 5 heteroatoms. The van der Waals surface area contributed by atoms with E-state index in [0.717, 1.165) is 11.8 Å². The first kappa shape index (κ1) is 13.6. The number of nitrogens with one attached hydrogen (secondary N) is 1. The zero-order valence-corrected chi connectivity index (χ0v) is 10.5. The fourth-order valence-electron chi connectivity index (χ4n) is 1.93. The van der Waals surface area contributed by atoms with Crippen LogP contribution in [0.3, 0.4) is 0 Å². The number of rotatable bonds is 4. The second kappa shape index (κ2) is 5.86. The Kier molecular flexibility index (Phi) is 4.19. The van der Waals surface area contributed by atoms with Crippen LogP contribution >= 0.6 is 0 Å². The predicted molar refractivity (Wildman–Crippen MR) is 69.1 cm³/mol. The van der Waals surface area contributed by atoms with E-state index in [4.69, 9.17) is 5.84 Å². The second-order valence-corrected chi connectivity index (χ2v) is 4.34. The molecule has 0 radical (unpaired) electrons. The summed E-state index contributed by atoms with van der Waals surface area (Å²) in [5.41, 5.74) is 4.40. The van der Waals surface area contributed by atoms with E-state index in [2.05, 4.69) is 10.4 Å². The highest BCUT2D eigenvalue weighted by molar-refractivity contribution is 5.23. The van der Waals surface area contributed by atoms with Crippen LogP contribution in [0.4, 0.5) is 8.78 Å². The molecule has 0 saturated heterocycles. The number of pyridine rings is 1. The number of hydrogen-bond acceptors (Lipinski definition) is 3. The summed E-state index contributed by atoms with van der Waals surface area (Å²) in [7, 11) is 0. The van der Waals surface area contributed by atoms with Crippen molar-refractivity contribution < 1.29 is 8.78 Å². The zero-order valence-electron chi connectivity index (χ0n) is 10.5. The molecular formula is C14H15F2N3. The van der Waals surface area contributed by atoms with Gasteiger partial charge in [-0.15, -0.1) is 0 Å². The molecule has 3 N–H and O–H groups in total. The van der Waals surface area contributed by atoms with Crippen LogP contribution in [-0.2, 0) is 6.42 Å². The lowest BCUT2D eigenvalue weighted by Gasteiger charge is -2.16. The van der Waals surface area contributed by atoms with Gasteiger partial charge in [0.2, 0.25) is 0 Å². The van der Waals surface area contributed by atoms with E-state index in [9.17, 15) is 8.78 Å². The molecular weight excluding hydrogens is 248 g/mol. The van der Waals surface area contributed by atoms with Crippen LogP contribution in [0.5, 0.6) is 0 Å². The third kappa shape index (κ3) is 3.13. The maximum Gasteiger partial charge on any atom is 0.162 e. The van der Waals surface area contributed by atoms with Crippen LogP contribution in [0.25, 0.3) is 0 Å².